The third kappa shape index (κ3) is 11.2. The van der Waals surface area contributed by atoms with Crippen LogP contribution in [-0.2, 0) is 9.59 Å². The van der Waals surface area contributed by atoms with Gasteiger partial charge in [0, 0.05) is 19.3 Å². The predicted octanol–water partition coefficient (Wildman–Crippen LogP) is 6.31. The molecule has 144 valence electrons. The van der Waals surface area contributed by atoms with Crippen LogP contribution in [0, 0.1) is 11.8 Å². The number of aliphatic carboxylic acids is 1. The minimum absolute atomic E-state index is 0.261. The molecule has 0 aromatic carbocycles. The summed E-state index contributed by atoms with van der Waals surface area (Å²) in [7, 11) is 0. The van der Waals surface area contributed by atoms with Gasteiger partial charge in [-0.25, -0.2) is 0 Å². The number of ketones is 1. The summed E-state index contributed by atoms with van der Waals surface area (Å²) in [6, 6.07) is 0. The number of hydrogen-bond donors (Lipinski definition) is 1. The molecule has 3 heteroatoms. The Balaban J connectivity index is 2.12. The van der Waals surface area contributed by atoms with Crippen molar-refractivity contribution in [3.63, 3.8) is 0 Å². The second kappa shape index (κ2) is 14.1. The number of rotatable bonds is 15. The van der Waals surface area contributed by atoms with Gasteiger partial charge < -0.3 is 5.11 Å². The van der Waals surface area contributed by atoms with E-state index in [2.05, 4.69) is 19.1 Å². The number of carboxylic acids is 1. The van der Waals surface area contributed by atoms with Crippen molar-refractivity contribution in [2.45, 2.75) is 103 Å². The summed E-state index contributed by atoms with van der Waals surface area (Å²) in [6.45, 7) is 2.22. The largest absolute Gasteiger partial charge is 0.481 e. The van der Waals surface area contributed by atoms with Gasteiger partial charge in [0.2, 0.25) is 0 Å². The number of Topliss-reactive ketones (excluding diaryl/α,β-unsaturated/α-hetero) is 1. The minimum Gasteiger partial charge on any atom is -0.481 e. The van der Waals surface area contributed by atoms with E-state index >= 15 is 0 Å². The van der Waals surface area contributed by atoms with Crippen LogP contribution < -0.4 is 0 Å². The summed E-state index contributed by atoms with van der Waals surface area (Å²) in [5.74, 6) is 1.20. The highest BCUT2D eigenvalue weighted by molar-refractivity contribution is 5.78. The summed E-state index contributed by atoms with van der Waals surface area (Å²) in [4.78, 5) is 22.5. The maximum atomic E-state index is 12.1. The van der Waals surface area contributed by atoms with E-state index in [9.17, 15) is 9.59 Å². The third-order valence-electron chi connectivity index (χ3n) is 5.54. The Bertz CT molecular complexity index is 400. The van der Waals surface area contributed by atoms with Crippen molar-refractivity contribution in [2.24, 2.45) is 11.8 Å². The molecule has 2 atom stereocenters. The van der Waals surface area contributed by atoms with Crippen molar-refractivity contribution in [2.75, 3.05) is 0 Å². The summed E-state index contributed by atoms with van der Waals surface area (Å²) in [6.07, 6.45) is 19.9. The second-order valence-corrected chi connectivity index (χ2v) is 7.69. The molecule has 0 aliphatic heterocycles. The first-order chi connectivity index (χ1) is 12.1. The second-order valence-electron chi connectivity index (χ2n) is 7.69. The van der Waals surface area contributed by atoms with Gasteiger partial charge in [-0.1, -0.05) is 57.6 Å². The van der Waals surface area contributed by atoms with E-state index in [0.29, 0.717) is 11.7 Å². The molecule has 0 spiro atoms. The van der Waals surface area contributed by atoms with Crippen LogP contribution in [0.25, 0.3) is 0 Å². The van der Waals surface area contributed by atoms with E-state index in [4.69, 9.17) is 5.11 Å². The first-order valence-corrected chi connectivity index (χ1v) is 10.5. The Hall–Kier alpha value is -1.12. The fraction of sp³-hybridized carbons (Fsp3) is 0.818. The highest BCUT2D eigenvalue weighted by atomic mass is 16.4. The Morgan fingerprint density at radius 3 is 2.44 bits per heavy atom. The van der Waals surface area contributed by atoms with Crippen LogP contribution in [-0.4, -0.2) is 16.9 Å². The van der Waals surface area contributed by atoms with E-state index in [1.54, 1.807) is 0 Å². The van der Waals surface area contributed by atoms with Crippen LogP contribution in [0.15, 0.2) is 12.2 Å². The molecule has 0 radical (unpaired) electrons. The number of hydrogen-bond acceptors (Lipinski definition) is 2. The van der Waals surface area contributed by atoms with Crippen molar-refractivity contribution in [3.05, 3.63) is 12.2 Å². The standard InChI is InChI=1S/C22H38O3/c1-2-3-4-5-9-15-21(23)18-17-20-14-11-13-19(20)12-8-6-7-10-16-22(24)25/h6,8,19-20H,2-5,7,9-18H2,1H3,(H,24,25)/b8-6-/t19-,20+/m0/s1. The fourth-order valence-corrected chi connectivity index (χ4v) is 3.96. The smallest absolute Gasteiger partial charge is 0.303 e. The number of carbonyl (C=O) groups is 2. The van der Waals surface area contributed by atoms with Crippen molar-refractivity contribution in [1.29, 1.82) is 0 Å². The third-order valence-corrected chi connectivity index (χ3v) is 5.54. The average Bonchev–Trinajstić information content (AvgIpc) is 3.03. The lowest BCUT2D eigenvalue weighted by atomic mass is 9.88. The lowest BCUT2D eigenvalue weighted by Gasteiger charge is -2.17. The molecular weight excluding hydrogens is 312 g/mol. The van der Waals surface area contributed by atoms with Gasteiger partial charge in [-0.3, -0.25) is 9.59 Å². The normalized spacial score (nSPS) is 20.4. The molecule has 0 saturated heterocycles. The highest BCUT2D eigenvalue weighted by Gasteiger charge is 2.26. The molecular formula is C22H38O3. The highest BCUT2D eigenvalue weighted by Crippen LogP contribution is 2.37. The molecule has 0 aromatic rings. The molecule has 1 saturated carbocycles. The van der Waals surface area contributed by atoms with Gasteiger partial charge in [0.15, 0.2) is 0 Å². The Morgan fingerprint density at radius 1 is 0.920 bits per heavy atom. The molecule has 0 bridgehead atoms. The average molecular weight is 351 g/mol. The number of allylic oxidation sites excluding steroid dienone is 2. The molecule has 1 aliphatic carbocycles. The van der Waals surface area contributed by atoms with Crippen LogP contribution in [0.1, 0.15) is 103 Å². The van der Waals surface area contributed by atoms with Gasteiger partial charge in [-0.2, -0.15) is 0 Å². The molecule has 1 rings (SSSR count). The van der Waals surface area contributed by atoms with Gasteiger partial charge >= 0.3 is 5.97 Å². The Morgan fingerprint density at radius 2 is 1.68 bits per heavy atom. The van der Waals surface area contributed by atoms with Crippen LogP contribution in [0.3, 0.4) is 0 Å². The minimum atomic E-state index is -0.709. The van der Waals surface area contributed by atoms with Crippen molar-refractivity contribution in [1.82, 2.24) is 0 Å². The zero-order valence-electron chi connectivity index (χ0n) is 16.2. The van der Waals surface area contributed by atoms with Gasteiger partial charge in [0.1, 0.15) is 5.78 Å². The molecule has 3 nitrogen and oxygen atoms in total. The summed E-state index contributed by atoms with van der Waals surface area (Å²) in [5.41, 5.74) is 0. The predicted molar refractivity (Wildman–Crippen MR) is 104 cm³/mol. The summed E-state index contributed by atoms with van der Waals surface area (Å²) in [5, 5.41) is 8.62. The van der Waals surface area contributed by atoms with Crippen molar-refractivity contribution < 1.29 is 14.7 Å². The molecule has 25 heavy (non-hydrogen) atoms. The first-order valence-electron chi connectivity index (χ1n) is 10.5. The Labute approximate surface area is 154 Å². The zero-order valence-corrected chi connectivity index (χ0v) is 16.2. The lowest BCUT2D eigenvalue weighted by Crippen LogP contribution is -2.10. The summed E-state index contributed by atoms with van der Waals surface area (Å²) < 4.78 is 0. The van der Waals surface area contributed by atoms with E-state index in [-0.39, 0.29) is 6.42 Å². The molecule has 0 heterocycles. The topological polar surface area (TPSA) is 54.4 Å². The van der Waals surface area contributed by atoms with E-state index in [1.165, 1.54) is 44.9 Å². The molecule has 0 amide bonds. The Kier molecular flexibility index (Phi) is 12.4. The maximum Gasteiger partial charge on any atom is 0.303 e. The van der Waals surface area contributed by atoms with E-state index in [1.807, 2.05) is 0 Å². The van der Waals surface area contributed by atoms with Crippen LogP contribution in [0.4, 0.5) is 0 Å². The maximum absolute atomic E-state index is 12.1. The summed E-state index contributed by atoms with van der Waals surface area (Å²) >= 11 is 0. The number of unbranched alkanes of at least 4 members (excludes halogenated alkanes) is 5. The first kappa shape index (κ1) is 21.9. The molecule has 1 aliphatic rings. The molecule has 1 fully saturated rings. The lowest BCUT2D eigenvalue weighted by molar-refractivity contribution is -0.137. The van der Waals surface area contributed by atoms with Gasteiger partial charge in [0.05, 0.1) is 0 Å². The molecule has 0 unspecified atom stereocenters. The number of carbonyl (C=O) groups excluding carboxylic acids is 1. The van der Waals surface area contributed by atoms with Gasteiger partial charge in [0.25, 0.3) is 0 Å². The van der Waals surface area contributed by atoms with Gasteiger partial charge in [-0.15, -0.1) is 0 Å². The number of carboxylic acid groups (broad SMARTS) is 1. The quantitative estimate of drug-likeness (QED) is 0.278. The monoisotopic (exact) mass is 350 g/mol. The van der Waals surface area contributed by atoms with Crippen LogP contribution in [0.2, 0.25) is 0 Å². The van der Waals surface area contributed by atoms with E-state index < -0.39 is 5.97 Å². The molecule has 0 aromatic heterocycles. The van der Waals surface area contributed by atoms with Crippen molar-refractivity contribution in [3.8, 4) is 0 Å². The van der Waals surface area contributed by atoms with Gasteiger partial charge in [-0.05, 0) is 50.4 Å². The van der Waals surface area contributed by atoms with E-state index in [0.717, 1.165) is 50.9 Å². The molecule has 1 N–H and O–H groups in total. The SMILES string of the molecule is CCCCCCCC(=O)CC[C@H]1CCC[C@@H]1C/C=C\CCCC(=O)O. The van der Waals surface area contributed by atoms with Crippen molar-refractivity contribution >= 4 is 11.8 Å². The zero-order chi connectivity index (χ0) is 18.3. The fourth-order valence-electron chi connectivity index (χ4n) is 3.96. The van der Waals surface area contributed by atoms with Crippen LogP contribution in [0.5, 0.6) is 0 Å². The van der Waals surface area contributed by atoms with Crippen LogP contribution >= 0.6 is 0 Å².